The van der Waals surface area contributed by atoms with Crippen LogP contribution in [-0.2, 0) is 17.8 Å². The van der Waals surface area contributed by atoms with E-state index in [4.69, 9.17) is 9.26 Å². The van der Waals surface area contributed by atoms with Crippen molar-refractivity contribution >= 4 is 0 Å². The van der Waals surface area contributed by atoms with Gasteiger partial charge in [-0.3, -0.25) is 0 Å². The smallest absolute Gasteiger partial charge is 0.226 e. The molecule has 0 radical (unpaired) electrons. The standard InChI is InChI=1S/C7H12N2O2/c1-3-7-8-6(9-11-7)5-10-4-2/h3-5H2,1-2H3. The van der Waals surface area contributed by atoms with Gasteiger partial charge in [-0.05, 0) is 6.92 Å². The molecular weight excluding hydrogens is 144 g/mol. The molecule has 0 spiro atoms. The molecule has 4 nitrogen and oxygen atoms in total. The molecule has 0 aliphatic heterocycles. The third-order valence-electron chi connectivity index (χ3n) is 1.25. The average molecular weight is 156 g/mol. The maximum atomic E-state index is 5.09. The fraction of sp³-hybridized carbons (Fsp3) is 0.714. The average Bonchev–Trinajstić information content (AvgIpc) is 2.48. The van der Waals surface area contributed by atoms with Crippen molar-refractivity contribution in [1.82, 2.24) is 10.1 Å². The van der Waals surface area contributed by atoms with Gasteiger partial charge in [0.05, 0.1) is 0 Å². The van der Waals surface area contributed by atoms with Gasteiger partial charge in [0.25, 0.3) is 0 Å². The summed E-state index contributed by atoms with van der Waals surface area (Å²) in [4.78, 5) is 4.06. The van der Waals surface area contributed by atoms with Crippen molar-refractivity contribution in [2.24, 2.45) is 0 Å². The highest BCUT2D eigenvalue weighted by atomic mass is 16.5. The minimum atomic E-state index is 0.444. The second-order valence-electron chi connectivity index (χ2n) is 2.10. The Morgan fingerprint density at radius 1 is 1.45 bits per heavy atom. The topological polar surface area (TPSA) is 48.2 Å². The highest BCUT2D eigenvalue weighted by Gasteiger charge is 2.02. The third kappa shape index (κ3) is 2.31. The van der Waals surface area contributed by atoms with Gasteiger partial charge in [0, 0.05) is 13.0 Å². The van der Waals surface area contributed by atoms with E-state index in [1.54, 1.807) is 0 Å². The van der Waals surface area contributed by atoms with Crippen LogP contribution >= 0.6 is 0 Å². The fourth-order valence-electron chi connectivity index (χ4n) is 0.686. The van der Waals surface area contributed by atoms with Crippen LogP contribution in [0.5, 0.6) is 0 Å². The lowest BCUT2D eigenvalue weighted by atomic mass is 10.5. The molecule has 1 aromatic heterocycles. The van der Waals surface area contributed by atoms with E-state index in [9.17, 15) is 0 Å². The van der Waals surface area contributed by atoms with Gasteiger partial charge in [-0.1, -0.05) is 12.1 Å². The first-order valence-electron chi connectivity index (χ1n) is 3.76. The van der Waals surface area contributed by atoms with Crippen LogP contribution in [0.25, 0.3) is 0 Å². The van der Waals surface area contributed by atoms with Gasteiger partial charge in [-0.2, -0.15) is 4.98 Å². The van der Waals surface area contributed by atoms with Crippen LogP contribution in [0.3, 0.4) is 0 Å². The molecule has 0 aliphatic rings. The van der Waals surface area contributed by atoms with Gasteiger partial charge in [0.1, 0.15) is 6.61 Å². The van der Waals surface area contributed by atoms with Crippen molar-refractivity contribution in [3.8, 4) is 0 Å². The number of hydrogen-bond donors (Lipinski definition) is 0. The molecule has 0 amide bonds. The molecule has 0 N–H and O–H groups in total. The summed E-state index contributed by atoms with van der Waals surface area (Å²) in [6, 6.07) is 0. The van der Waals surface area contributed by atoms with Gasteiger partial charge in [0.15, 0.2) is 5.82 Å². The second kappa shape index (κ2) is 4.08. The number of hydrogen-bond acceptors (Lipinski definition) is 4. The Hall–Kier alpha value is -0.900. The highest BCUT2D eigenvalue weighted by Crippen LogP contribution is 1.98. The number of aryl methyl sites for hydroxylation is 1. The maximum Gasteiger partial charge on any atom is 0.226 e. The monoisotopic (exact) mass is 156 g/mol. The van der Waals surface area contributed by atoms with Crippen LogP contribution in [0.15, 0.2) is 4.52 Å². The van der Waals surface area contributed by atoms with E-state index >= 15 is 0 Å². The van der Waals surface area contributed by atoms with Crippen LogP contribution in [0.1, 0.15) is 25.6 Å². The molecule has 0 saturated heterocycles. The molecule has 1 heterocycles. The molecule has 0 saturated carbocycles. The predicted octanol–water partition coefficient (Wildman–Crippen LogP) is 1.17. The molecule has 0 aliphatic carbocycles. The second-order valence-corrected chi connectivity index (χ2v) is 2.10. The summed E-state index contributed by atoms with van der Waals surface area (Å²) >= 11 is 0. The summed E-state index contributed by atoms with van der Waals surface area (Å²) in [6.45, 7) is 5.02. The molecule has 1 rings (SSSR count). The van der Waals surface area contributed by atoms with Gasteiger partial charge in [-0.25, -0.2) is 0 Å². The Morgan fingerprint density at radius 2 is 2.27 bits per heavy atom. The minimum Gasteiger partial charge on any atom is -0.374 e. The zero-order valence-corrected chi connectivity index (χ0v) is 6.83. The molecule has 0 unspecified atom stereocenters. The van der Waals surface area contributed by atoms with E-state index in [0.29, 0.717) is 24.9 Å². The zero-order valence-electron chi connectivity index (χ0n) is 6.83. The van der Waals surface area contributed by atoms with Crippen molar-refractivity contribution in [2.45, 2.75) is 26.9 Å². The van der Waals surface area contributed by atoms with Crippen molar-refractivity contribution in [2.75, 3.05) is 6.61 Å². The van der Waals surface area contributed by atoms with E-state index in [0.717, 1.165) is 6.42 Å². The first-order valence-corrected chi connectivity index (χ1v) is 3.76. The summed E-state index contributed by atoms with van der Waals surface area (Å²) in [7, 11) is 0. The van der Waals surface area contributed by atoms with Crippen molar-refractivity contribution in [3.05, 3.63) is 11.7 Å². The zero-order chi connectivity index (χ0) is 8.10. The van der Waals surface area contributed by atoms with E-state index in [1.165, 1.54) is 0 Å². The highest BCUT2D eigenvalue weighted by molar-refractivity contribution is 4.83. The van der Waals surface area contributed by atoms with E-state index in [1.807, 2.05) is 13.8 Å². The molecule has 4 heteroatoms. The largest absolute Gasteiger partial charge is 0.374 e. The predicted molar refractivity (Wildman–Crippen MR) is 39.0 cm³/mol. The summed E-state index contributed by atoms with van der Waals surface area (Å²) in [5.41, 5.74) is 0. The Bertz CT molecular complexity index is 210. The van der Waals surface area contributed by atoms with Crippen LogP contribution in [0.2, 0.25) is 0 Å². The number of aromatic nitrogens is 2. The summed E-state index contributed by atoms with van der Waals surface area (Å²) < 4.78 is 9.96. The van der Waals surface area contributed by atoms with Crippen LogP contribution in [0.4, 0.5) is 0 Å². The quantitative estimate of drug-likeness (QED) is 0.656. The first kappa shape index (κ1) is 8.20. The van der Waals surface area contributed by atoms with Gasteiger partial charge >= 0.3 is 0 Å². The molecule has 0 aromatic carbocycles. The summed E-state index contributed by atoms with van der Waals surface area (Å²) in [5, 5.41) is 3.71. The van der Waals surface area contributed by atoms with Gasteiger partial charge in [0.2, 0.25) is 5.89 Å². The van der Waals surface area contributed by atoms with Gasteiger partial charge in [-0.15, -0.1) is 0 Å². The van der Waals surface area contributed by atoms with Crippen LogP contribution in [-0.4, -0.2) is 16.7 Å². The Kier molecular flexibility index (Phi) is 3.04. The third-order valence-corrected chi connectivity index (χ3v) is 1.25. The van der Waals surface area contributed by atoms with Crippen molar-refractivity contribution < 1.29 is 9.26 Å². The Balaban J connectivity index is 2.44. The maximum absolute atomic E-state index is 5.09. The molecule has 62 valence electrons. The Labute approximate surface area is 65.6 Å². The van der Waals surface area contributed by atoms with Crippen molar-refractivity contribution in [1.29, 1.82) is 0 Å². The molecule has 11 heavy (non-hydrogen) atoms. The number of rotatable bonds is 4. The normalized spacial score (nSPS) is 10.4. The number of nitrogens with zero attached hydrogens (tertiary/aromatic N) is 2. The lowest BCUT2D eigenvalue weighted by molar-refractivity contribution is 0.126. The summed E-state index contributed by atoms with van der Waals surface area (Å²) in [6.07, 6.45) is 0.777. The van der Waals surface area contributed by atoms with Crippen LogP contribution in [0, 0.1) is 0 Å². The SMILES string of the molecule is CCOCc1noc(CC)n1. The van der Waals surface area contributed by atoms with Crippen LogP contribution < -0.4 is 0 Å². The fourth-order valence-corrected chi connectivity index (χ4v) is 0.686. The number of ether oxygens (including phenoxy) is 1. The van der Waals surface area contributed by atoms with E-state index in [2.05, 4.69) is 10.1 Å². The van der Waals surface area contributed by atoms with Crippen molar-refractivity contribution in [3.63, 3.8) is 0 Å². The molecular formula is C7H12N2O2. The first-order chi connectivity index (χ1) is 5.36. The minimum absolute atomic E-state index is 0.444. The van der Waals surface area contributed by atoms with E-state index in [-0.39, 0.29) is 0 Å². The molecule has 0 fully saturated rings. The lowest BCUT2D eigenvalue weighted by Gasteiger charge is -1.91. The molecule has 1 aromatic rings. The van der Waals surface area contributed by atoms with E-state index < -0.39 is 0 Å². The Morgan fingerprint density at radius 3 is 2.82 bits per heavy atom. The van der Waals surface area contributed by atoms with Gasteiger partial charge < -0.3 is 9.26 Å². The molecule has 0 atom stereocenters. The molecule has 0 bridgehead atoms. The summed E-state index contributed by atoms with van der Waals surface area (Å²) in [5.74, 6) is 1.29. The lowest BCUT2D eigenvalue weighted by Crippen LogP contribution is -1.93.